The summed E-state index contributed by atoms with van der Waals surface area (Å²) in [6.45, 7) is 6.81. The molecule has 2 aromatic rings. The van der Waals surface area contributed by atoms with Crippen LogP contribution in [0.3, 0.4) is 0 Å². The Morgan fingerprint density at radius 2 is 2.24 bits per heavy atom. The first-order chi connectivity index (χ1) is 10.3. The fraction of sp³-hybridized carbons (Fsp3) is 0.471. The highest BCUT2D eigenvalue weighted by Gasteiger charge is 2.30. The van der Waals surface area contributed by atoms with E-state index >= 15 is 0 Å². The number of fused-ring (bicyclic) bond motifs is 1. The van der Waals surface area contributed by atoms with Crippen LogP contribution in [0.2, 0.25) is 0 Å². The number of aromatic nitrogens is 2. The Bertz CT molecular complexity index is 593. The highest BCUT2D eigenvalue weighted by Crippen LogP contribution is 2.36. The van der Waals surface area contributed by atoms with Gasteiger partial charge >= 0.3 is 0 Å². The number of rotatable bonds is 5. The molecule has 21 heavy (non-hydrogen) atoms. The molecule has 0 bridgehead atoms. The molecule has 2 atom stereocenters. The van der Waals surface area contributed by atoms with Gasteiger partial charge in [0.25, 0.3) is 0 Å². The summed E-state index contributed by atoms with van der Waals surface area (Å²) >= 11 is 0. The van der Waals surface area contributed by atoms with E-state index in [1.54, 1.807) is 0 Å². The van der Waals surface area contributed by atoms with Crippen molar-refractivity contribution >= 4 is 0 Å². The molecular formula is C17H23N3O. The first kappa shape index (κ1) is 14.3. The lowest BCUT2D eigenvalue weighted by atomic mass is 9.91. The van der Waals surface area contributed by atoms with Crippen molar-refractivity contribution in [1.82, 2.24) is 15.1 Å². The van der Waals surface area contributed by atoms with Crippen molar-refractivity contribution < 1.29 is 4.74 Å². The molecule has 1 aromatic heterocycles. The Labute approximate surface area is 126 Å². The first-order valence-electron chi connectivity index (χ1n) is 7.78. The number of likely N-dealkylation sites (N-methyl/N-ethyl adjacent to an activating group) is 1. The maximum absolute atomic E-state index is 6.12. The number of nitrogens with zero attached hydrogens (tertiary/aromatic N) is 2. The largest absolute Gasteiger partial charge is 0.371 e. The van der Waals surface area contributed by atoms with Gasteiger partial charge in [-0.1, -0.05) is 31.2 Å². The third kappa shape index (κ3) is 2.87. The fourth-order valence-corrected chi connectivity index (χ4v) is 3.03. The Balaban J connectivity index is 1.94. The molecule has 0 amide bonds. The topological polar surface area (TPSA) is 39.1 Å². The van der Waals surface area contributed by atoms with Gasteiger partial charge in [-0.05, 0) is 31.0 Å². The van der Waals surface area contributed by atoms with E-state index in [0.717, 1.165) is 26.1 Å². The number of benzene rings is 1. The molecule has 0 saturated carbocycles. The molecule has 4 heteroatoms. The maximum Gasteiger partial charge on any atom is 0.102 e. The highest BCUT2D eigenvalue weighted by molar-refractivity contribution is 5.33. The van der Waals surface area contributed by atoms with Crippen LogP contribution in [0, 0.1) is 0 Å². The molecule has 2 unspecified atom stereocenters. The van der Waals surface area contributed by atoms with Crippen molar-refractivity contribution in [2.24, 2.45) is 0 Å². The smallest absolute Gasteiger partial charge is 0.102 e. The lowest BCUT2D eigenvalue weighted by Crippen LogP contribution is -2.31. The third-order valence-electron chi connectivity index (χ3n) is 4.09. The molecule has 4 nitrogen and oxygen atoms in total. The van der Waals surface area contributed by atoms with Gasteiger partial charge in [-0.15, -0.1) is 0 Å². The first-order valence-corrected chi connectivity index (χ1v) is 7.78. The number of ether oxygens (including phenoxy) is 1. The van der Waals surface area contributed by atoms with Crippen molar-refractivity contribution in [2.45, 2.75) is 39.0 Å². The van der Waals surface area contributed by atoms with E-state index in [1.165, 1.54) is 16.7 Å². The van der Waals surface area contributed by atoms with E-state index in [2.05, 4.69) is 54.7 Å². The lowest BCUT2D eigenvalue weighted by molar-refractivity contribution is 0.0151. The normalized spacial score (nSPS) is 19.2. The SMILES string of the molecule is CCNC(c1cnn(CC)c1)C1OCCc2ccccc21. The summed E-state index contributed by atoms with van der Waals surface area (Å²) in [5, 5.41) is 7.98. The van der Waals surface area contributed by atoms with Crippen LogP contribution in [0.15, 0.2) is 36.7 Å². The monoisotopic (exact) mass is 285 g/mol. The van der Waals surface area contributed by atoms with Gasteiger partial charge < -0.3 is 10.1 Å². The predicted molar refractivity (Wildman–Crippen MR) is 83.2 cm³/mol. The van der Waals surface area contributed by atoms with Gasteiger partial charge in [0.1, 0.15) is 6.10 Å². The molecule has 112 valence electrons. The van der Waals surface area contributed by atoms with Crippen molar-refractivity contribution in [3.8, 4) is 0 Å². The van der Waals surface area contributed by atoms with Gasteiger partial charge in [0.2, 0.25) is 0 Å². The van der Waals surface area contributed by atoms with Gasteiger partial charge in [0, 0.05) is 18.3 Å². The van der Waals surface area contributed by atoms with E-state index < -0.39 is 0 Å². The zero-order valence-corrected chi connectivity index (χ0v) is 12.7. The molecule has 1 aromatic carbocycles. The predicted octanol–water partition coefficient (Wildman–Crippen LogP) is 2.87. The number of hydrogen-bond acceptors (Lipinski definition) is 3. The van der Waals surface area contributed by atoms with Crippen LogP contribution < -0.4 is 5.32 Å². The quantitative estimate of drug-likeness (QED) is 0.918. The molecule has 1 N–H and O–H groups in total. The second kappa shape index (κ2) is 6.41. The molecule has 1 aliphatic heterocycles. The standard InChI is InChI=1S/C17H23N3O/c1-3-18-16(14-11-19-20(4-2)12-14)17-15-8-6-5-7-13(15)9-10-21-17/h5-8,11-12,16-18H,3-4,9-10H2,1-2H3. The number of nitrogens with one attached hydrogen (secondary N) is 1. The Morgan fingerprint density at radius 1 is 1.38 bits per heavy atom. The van der Waals surface area contributed by atoms with Crippen LogP contribution >= 0.6 is 0 Å². The zero-order chi connectivity index (χ0) is 14.7. The Hall–Kier alpha value is -1.65. The average Bonchev–Trinajstić information content (AvgIpc) is 3.01. The van der Waals surface area contributed by atoms with Crippen LogP contribution in [0.5, 0.6) is 0 Å². The maximum atomic E-state index is 6.12. The molecule has 0 spiro atoms. The summed E-state index contributed by atoms with van der Waals surface area (Å²) in [4.78, 5) is 0. The second-order valence-electron chi connectivity index (χ2n) is 5.40. The van der Waals surface area contributed by atoms with Crippen molar-refractivity contribution in [1.29, 1.82) is 0 Å². The van der Waals surface area contributed by atoms with Gasteiger partial charge in [0.15, 0.2) is 0 Å². The molecule has 0 fully saturated rings. The molecular weight excluding hydrogens is 262 g/mol. The minimum atomic E-state index is 0.0596. The van der Waals surface area contributed by atoms with Crippen LogP contribution in [0.25, 0.3) is 0 Å². The molecule has 1 aliphatic rings. The summed E-state index contributed by atoms with van der Waals surface area (Å²) in [7, 11) is 0. The molecule has 0 saturated heterocycles. The van der Waals surface area contributed by atoms with E-state index in [4.69, 9.17) is 4.74 Å². The van der Waals surface area contributed by atoms with Crippen LogP contribution in [-0.2, 0) is 17.7 Å². The van der Waals surface area contributed by atoms with Gasteiger partial charge in [-0.2, -0.15) is 5.10 Å². The van der Waals surface area contributed by atoms with Crippen LogP contribution in [0.4, 0.5) is 0 Å². The molecule has 2 heterocycles. The third-order valence-corrected chi connectivity index (χ3v) is 4.09. The van der Waals surface area contributed by atoms with Gasteiger partial charge in [-0.25, -0.2) is 0 Å². The minimum absolute atomic E-state index is 0.0596. The van der Waals surface area contributed by atoms with E-state index in [1.807, 2.05) is 10.9 Å². The van der Waals surface area contributed by atoms with Crippen LogP contribution in [-0.4, -0.2) is 22.9 Å². The summed E-state index contributed by atoms with van der Waals surface area (Å²) < 4.78 is 8.08. The number of aryl methyl sites for hydroxylation is 1. The Morgan fingerprint density at radius 3 is 3.00 bits per heavy atom. The second-order valence-corrected chi connectivity index (χ2v) is 5.40. The summed E-state index contributed by atoms with van der Waals surface area (Å²) in [6.07, 6.45) is 5.13. The molecule has 0 aliphatic carbocycles. The van der Waals surface area contributed by atoms with E-state index in [9.17, 15) is 0 Å². The Kier molecular flexibility index (Phi) is 4.36. The van der Waals surface area contributed by atoms with Crippen molar-refractivity contribution in [3.05, 3.63) is 53.3 Å². The minimum Gasteiger partial charge on any atom is -0.371 e. The van der Waals surface area contributed by atoms with Crippen molar-refractivity contribution in [3.63, 3.8) is 0 Å². The molecule has 0 radical (unpaired) electrons. The number of hydrogen-bond donors (Lipinski definition) is 1. The van der Waals surface area contributed by atoms with Crippen LogP contribution in [0.1, 0.15) is 42.7 Å². The van der Waals surface area contributed by atoms with Gasteiger partial charge in [0.05, 0.1) is 18.8 Å². The summed E-state index contributed by atoms with van der Waals surface area (Å²) in [5.41, 5.74) is 3.90. The lowest BCUT2D eigenvalue weighted by Gasteiger charge is -2.32. The van der Waals surface area contributed by atoms with Gasteiger partial charge in [-0.3, -0.25) is 4.68 Å². The average molecular weight is 285 g/mol. The van der Waals surface area contributed by atoms with E-state index in [0.29, 0.717) is 0 Å². The fourth-order valence-electron chi connectivity index (χ4n) is 3.03. The molecule has 3 rings (SSSR count). The van der Waals surface area contributed by atoms with Crippen molar-refractivity contribution in [2.75, 3.05) is 13.2 Å². The summed E-state index contributed by atoms with van der Waals surface area (Å²) in [6, 6.07) is 8.76. The summed E-state index contributed by atoms with van der Waals surface area (Å²) in [5.74, 6) is 0. The van der Waals surface area contributed by atoms with E-state index in [-0.39, 0.29) is 12.1 Å². The zero-order valence-electron chi connectivity index (χ0n) is 12.7. The highest BCUT2D eigenvalue weighted by atomic mass is 16.5.